The highest BCUT2D eigenvalue weighted by molar-refractivity contribution is 6.52. The van der Waals surface area contributed by atoms with Gasteiger partial charge in [-0.3, -0.25) is 19.5 Å². The zero-order chi connectivity index (χ0) is 23.0. The largest absolute Gasteiger partial charge is 0.507 e. The molecule has 1 N–H and O–H groups in total. The Bertz CT molecular complexity index is 1260. The fourth-order valence-corrected chi connectivity index (χ4v) is 4.24. The van der Waals surface area contributed by atoms with Gasteiger partial charge >= 0.3 is 0 Å². The van der Waals surface area contributed by atoms with E-state index in [1.165, 1.54) is 18.1 Å². The number of rotatable bonds is 4. The van der Waals surface area contributed by atoms with E-state index in [-0.39, 0.29) is 16.9 Å². The van der Waals surface area contributed by atoms with Crippen LogP contribution < -0.4 is 9.64 Å². The minimum atomic E-state index is -0.887. The summed E-state index contributed by atoms with van der Waals surface area (Å²) < 4.78 is 5.34. The number of carbonyl (C=O) groups is 2. The number of Topliss-reactive ketones (excluding diaryl/α,β-unsaturated/α-hetero) is 1. The van der Waals surface area contributed by atoms with E-state index >= 15 is 0 Å². The van der Waals surface area contributed by atoms with Crippen LogP contribution in [0.2, 0.25) is 10.0 Å². The van der Waals surface area contributed by atoms with Gasteiger partial charge in [-0.05, 0) is 66.6 Å². The minimum absolute atomic E-state index is 0.0730. The van der Waals surface area contributed by atoms with Crippen LogP contribution in [-0.2, 0) is 9.59 Å². The Kier molecular flexibility index (Phi) is 5.91. The lowest BCUT2D eigenvalue weighted by molar-refractivity contribution is -0.132. The summed E-state index contributed by atoms with van der Waals surface area (Å²) in [4.78, 5) is 31.8. The van der Waals surface area contributed by atoms with Gasteiger partial charge in [0.15, 0.2) is 0 Å². The SMILES string of the molecule is COc1ccc(Cl)cc1/C(O)=C1\C(=O)C(=O)N(c2ccc(Cl)cc2C)C1c1ccncc1. The third kappa shape index (κ3) is 3.72. The number of aromatic nitrogens is 1. The Hall–Kier alpha value is -3.35. The number of ether oxygens (including phenoxy) is 1. The van der Waals surface area contributed by atoms with Crippen LogP contribution in [0.5, 0.6) is 5.75 Å². The predicted octanol–water partition coefficient (Wildman–Crippen LogP) is 5.33. The summed E-state index contributed by atoms with van der Waals surface area (Å²) in [6.45, 7) is 1.80. The number of aliphatic hydroxyl groups is 1. The van der Waals surface area contributed by atoms with Crippen molar-refractivity contribution in [1.29, 1.82) is 0 Å². The molecule has 8 heteroatoms. The molecular formula is C24H18Cl2N2O4. The molecule has 3 aromatic rings. The molecule has 1 aliphatic rings. The first kappa shape index (κ1) is 21.9. The molecule has 32 heavy (non-hydrogen) atoms. The maximum Gasteiger partial charge on any atom is 0.300 e. The Balaban J connectivity index is 2.00. The molecule has 2 aromatic carbocycles. The number of pyridine rings is 1. The maximum atomic E-state index is 13.2. The number of carbonyl (C=O) groups excluding carboxylic acids is 2. The number of methoxy groups -OCH3 is 1. The van der Waals surface area contributed by atoms with Crippen molar-refractivity contribution in [1.82, 2.24) is 4.98 Å². The average molecular weight is 469 g/mol. The summed E-state index contributed by atoms with van der Waals surface area (Å²) in [7, 11) is 1.44. The Morgan fingerprint density at radius 1 is 1.03 bits per heavy atom. The fraction of sp³-hybridized carbons (Fsp3) is 0.125. The van der Waals surface area contributed by atoms with Gasteiger partial charge in [0.05, 0.1) is 24.3 Å². The van der Waals surface area contributed by atoms with Crippen LogP contribution in [0.3, 0.4) is 0 Å². The van der Waals surface area contributed by atoms with Crippen LogP contribution in [0.15, 0.2) is 66.5 Å². The number of anilines is 1. The quantitative estimate of drug-likeness (QED) is 0.317. The van der Waals surface area contributed by atoms with E-state index in [0.29, 0.717) is 32.6 Å². The van der Waals surface area contributed by atoms with Crippen LogP contribution in [0.1, 0.15) is 22.7 Å². The van der Waals surface area contributed by atoms with Gasteiger partial charge in [0.2, 0.25) is 0 Å². The van der Waals surface area contributed by atoms with Gasteiger partial charge in [0.1, 0.15) is 11.5 Å². The van der Waals surface area contributed by atoms with Gasteiger partial charge < -0.3 is 9.84 Å². The van der Waals surface area contributed by atoms with Crippen molar-refractivity contribution in [2.45, 2.75) is 13.0 Å². The molecule has 2 heterocycles. The first-order chi connectivity index (χ1) is 15.3. The highest BCUT2D eigenvalue weighted by Gasteiger charge is 2.47. The normalized spacial score (nSPS) is 17.6. The monoisotopic (exact) mass is 468 g/mol. The molecule has 1 aromatic heterocycles. The van der Waals surface area contributed by atoms with Gasteiger partial charge in [0.25, 0.3) is 11.7 Å². The molecule has 1 amide bonds. The molecule has 1 aliphatic heterocycles. The van der Waals surface area contributed by atoms with Crippen molar-refractivity contribution in [2.75, 3.05) is 12.0 Å². The zero-order valence-electron chi connectivity index (χ0n) is 17.2. The molecule has 0 spiro atoms. The number of hydrogen-bond donors (Lipinski definition) is 1. The number of aliphatic hydroxyl groups excluding tert-OH is 1. The average Bonchev–Trinajstić information content (AvgIpc) is 3.04. The summed E-state index contributed by atoms with van der Waals surface area (Å²) in [5, 5.41) is 12.1. The number of amides is 1. The highest BCUT2D eigenvalue weighted by Crippen LogP contribution is 2.44. The fourth-order valence-electron chi connectivity index (χ4n) is 3.84. The minimum Gasteiger partial charge on any atom is -0.507 e. The molecule has 6 nitrogen and oxygen atoms in total. The molecule has 1 unspecified atom stereocenters. The molecule has 1 atom stereocenters. The van der Waals surface area contributed by atoms with Crippen LogP contribution in [0.4, 0.5) is 5.69 Å². The Morgan fingerprint density at radius 2 is 1.69 bits per heavy atom. The third-order valence-corrected chi connectivity index (χ3v) is 5.77. The molecule has 1 fully saturated rings. The van der Waals surface area contributed by atoms with E-state index in [0.717, 1.165) is 0 Å². The second-order valence-electron chi connectivity index (χ2n) is 7.23. The summed E-state index contributed by atoms with van der Waals surface area (Å²) in [5.74, 6) is -1.65. The van der Waals surface area contributed by atoms with E-state index in [1.807, 2.05) is 0 Å². The highest BCUT2D eigenvalue weighted by atomic mass is 35.5. The first-order valence-corrected chi connectivity index (χ1v) is 10.4. The van der Waals surface area contributed by atoms with Crippen molar-refractivity contribution in [3.8, 4) is 5.75 Å². The van der Waals surface area contributed by atoms with E-state index in [9.17, 15) is 14.7 Å². The summed E-state index contributed by atoms with van der Waals surface area (Å²) in [5.41, 5.74) is 1.96. The van der Waals surface area contributed by atoms with E-state index in [4.69, 9.17) is 27.9 Å². The van der Waals surface area contributed by atoms with E-state index in [1.54, 1.807) is 61.8 Å². The summed E-state index contributed by atoms with van der Waals surface area (Å²) >= 11 is 12.2. The van der Waals surface area contributed by atoms with Gasteiger partial charge in [-0.25, -0.2) is 0 Å². The van der Waals surface area contributed by atoms with Crippen molar-refractivity contribution < 1.29 is 19.4 Å². The lowest BCUT2D eigenvalue weighted by Crippen LogP contribution is -2.30. The van der Waals surface area contributed by atoms with Gasteiger partial charge in [-0.15, -0.1) is 0 Å². The smallest absolute Gasteiger partial charge is 0.300 e. The molecule has 4 rings (SSSR count). The molecule has 0 saturated carbocycles. The first-order valence-electron chi connectivity index (χ1n) is 9.64. The summed E-state index contributed by atoms with van der Waals surface area (Å²) in [6.07, 6.45) is 3.12. The van der Waals surface area contributed by atoms with Gasteiger partial charge in [-0.2, -0.15) is 0 Å². The summed E-state index contributed by atoms with van der Waals surface area (Å²) in [6, 6.07) is 12.2. The second kappa shape index (κ2) is 8.65. The van der Waals surface area contributed by atoms with Crippen molar-refractivity contribution in [2.24, 2.45) is 0 Å². The molecule has 0 aliphatic carbocycles. The molecule has 1 saturated heterocycles. The standard InChI is InChI=1S/C24H18Cl2N2O4/c1-13-11-15(25)3-5-18(13)28-21(14-7-9-27-10-8-14)20(23(30)24(28)31)22(29)17-12-16(26)4-6-19(17)32-2/h3-12,21,29H,1-2H3/b22-20+. The van der Waals surface area contributed by atoms with E-state index in [2.05, 4.69) is 4.98 Å². The number of hydrogen-bond acceptors (Lipinski definition) is 5. The lowest BCUT2D eigenvalue weighted by atomic mass is 9.95. The number of benzene rings is 2. The third-order valence-electron chi connectivity index (χ3n) is 5.30. The lowest BCUT2D eigenvalue weighted by Gasteiger charge is -2.27. The Labute approximate surface area is 194 Å². The van der Waals surface area contributed by atoms with Crippen molar-refractivity contribution in [3.05, 3.63) is 93.2 Å². The van der Waals surface area contributed by atoms with Crippen LogP contribution >= 0.6 is 23.2 Å². The molecule has 162 valence electrons. The number of nitrogens with zero attached hydrogens (tertiary/aromatic N) is 2. The number of halogens is 2. The predicted molar refractivity (Wildman–Crippen MR) is 123 cm³/mol. The van der Waals surface area contributed by atoms with Crippen LogP contribution in [0.25, 0.3) is 5.76 Å². The van der Waals surface area contributed by atoms with E-state index < -0.39 is 17.7 Å². The second-order valence-corrected chi connectivity index (χ2v) is 8.10. The molecule has 0 bridgehead atoms. The number of aryl methyl sites for hydroxylation is 1. The van der Waals surface area contributed by atoms with Crippen LogP contribution in [0, 0.1) is 6.92 Å². The van der Waals surface area contributed by atoms with Crippen molar-refractivity contribution >= 4 is 46.3 Å². The molecular weight excluding hydrogens is 451 g/mol. The zero-order valence-corrected chi connectivity index (χ0v) is 18.7. The van der Waals surface area contributed by atoms with Crippen LogP contribution in [-0.4, -0.2) is 28.9 Å². The number of ketones is 1. The molecule has 0 radical (unpaired) electrons. The van der Waals surface area contributed by atoms with Gasteiger partial charge in [0, 0.05) is 28.1 Å². The van der Waals surface area contributed by atoms with Gasteiger partial charge in [-0.1, -0.05) is 23.2 Å². The Morgan fingerprint density at radius 3 is 2.34 bits per heavy atom. The topological polar surface area (TPSA) is 79.7 Å². The maximum absolute atomic E-state index is 13.2. The van der Waals surface area contributed by atoms with Crippen molar-refractivity contribution in [3.63, 3.8) is 0 Å².